The topological polar surface area (TPSA) is 43.4 Å². The van der Waals surface area contributed by atoms with Crippen molar-refractivity contribution in [1.82, 2.24) is 0 Å². The van der Waals surface area contributed by atoms with E-state index in [-0.39, 0.29) is 11.9 Å². The number of carbonyl (C=O) groups is 2. The highest BCUT2D eigenvalue weighted by Gasteiger charge is 2.43. The van der Waals surface area contributed by atoms with Crippen molar-refractivity contribution in [3.63, 3.8) is 0 Å². The van der Waals surface area contributed by atoms with Crippen molar-refractivity contribution < 1.29 is 14.3 Å². The Kier molecular flexibility index (Phi) is 2.50. The molecule has 1 saturated carbocycles. The standard InChI is InChI=1S/C9H14O3/c1-9(6-10)5-3-4-7(9)8(11)12-2/h6-7H,3-5H2,1-2H3. The molecule has 0 bridgehead atoms. The monoisotopic (exact) mass is 170 g/mol. The summed E-state index contributed by atoms with van der Waals surface area (Å²) in [5.41, 5.74) is -0.479. The first-order valence-electron chi connectivity index (χ1n) is 4.18. The second-order valence-corrected chi connectivity index (χ2v) is 3.59. The summed E-state index contributed by atoms with van der Waals surface area (Å²) in [4.78, 5) is 22.0. The van der Waals surface area contributed by atoms with Crippen LogP contribution in [-0.2, 0) is 14.3 Å². The van der Waals surface area contributed by atoms with Gasteiger partial charge in [-0.15, -0.1) is 0 Å². The molecule has 0 spiro atoms. The van der Waals surface area contributed by atoms with Crippen LogP contribution in [0.1, 0.15) is 26.2 Å². The van der Waals surface area contributed by atoms with Gasteiger partial charge in [-0.05, 0) is 12.8 Å². The maximum absolute atomic E-state index is 11.2. The number of carbonyl (C=O) groups excluding carboxylic acids is 2. The van der Waals surface area contributed by atoms with Gasteiger partial charge < -0.3 is 9.53 Å². The quantitative estimate of drug-likeness (QED) is 0.461. The van der Waals surface area contributed by atoms with Crippen LogP contribution < -0.4 is 0 Å². The van der Waals surface area contributed by atoms with E-state index in [0.29, 0.717) is 0 Å². The molecule has 0 N–H and O–H groups in total. The molecule has 1 fully saturated rings. The molecule has 0 aromatic heterocycles. The molecule has 0 aromatic carbocycles. The molecule has 0 amide bonds. The van der Waals surface area contributed by atoms with Crippen LogP contribution in [0.15, 0.2) is 0 Å². The molecule has 1 aliphatic rings. The lowest BCUT2D eigenvalue weighted by atomic mass is 9.81. The van der Waals surface area contributed by atoms with Crippen LogP contribution in [0.25, 0.3) is 0 Å². The minimum absolute atomic E-state index is 0.222. The summed E-state index contributed by atoms with van der Waals surface area (Å²) in [6.45, 7) is 1.83. The largest absolute Gasteiger partial charge is 0.469 e. The maximum atomic E-state index is 11.2. The Bertz CT molecular complexity index is 200. The van der Waals surface area contributed by atoms with Crippen molar-refractivity contribution >= 4 is 12.3 Å². The Labute approximate surface area is 72.1 Å². The molecule has 1 rings (SSSR count). The third-order valence-electron chi connectivity index (χ3n) is 2.76. The third kappa shape index (κ3) is 1.36. The van der Waals surface area contributed by atoms with Gasteiger partial charge in [0.25, 0.3) is 0 Å². The fraction of sp³-hybridized carbons (Fsp3) is 0.778. The molecule has 68 valence electrons. The Morgan fingerprint density at radius 3 is 2.83 bits per heavy atom. The number of esters is 1. The fourth-order valence-electron chi connectivity index (χ4n) is 1.86. The van der Waals surface area contributed by atoms with E-state index in [1.807, 2.05) is 6.92 Å². The molecular weight excluding hydrogens is 156 g/mol. The second-order valence-electron chi connectivity index (χ2n) is 3.59. The molecule has 0 radical (unpaired) electrons. The lowest BCUT2D eigenvalue weighted by molar-refractivity contribution is -0.150. The maximum Gasteiger partial charge on any atom is 0.309 e. The van der Waals surface area contributed by atoms with Crippen LogP contribution in [0.2, 0.25) is 0 Å². The van der Waals surface area contributed by atoms with Gasteiger partial charge in [-0.3, -0.25) is 4.79 Å². The molecule has 3 nitrogen and oxygen atoms in total. The van der Waals surface area contributed by atoms with Crippen molar-refractivity contribution in [2.75, 3.05) is 7.11 Å². The van der Waals surface area contributed by atoms with Crippen LogP contribution in [-0.4, -0.2) is 19.4 Å². The minimum atomic E-state index is -0.479. The van der Waals surface area contributed by atoms with Gasteiger partial charge in [-0.25, -0.2) is 0 Å². The summed E-state index contributed by atoms with van der Waals surface area (Å²) in [7, 11) is 1.37. The zero-order chi connectivity index (χ0) is 9.19. The Balaban J connectivity index is 2.76. The van der Waals surface area contributed by atoms with Gasteiger partial charge in [0, 0.05) is 5.41 Å². The fourth-order valence-corrected chi connectivity index (χ4v) is 1.86. The van der Waals surface area contributed by atoms with Crippen LogP contribution in [0.3, 0.4) is 0 Å². The molecule has 2 unspecified atom stereocenters. The molecule has 0 aromatic rings. The molecule has 12 heavy (non-hydrogen) atoms. The zero-order valence-electron chi connectivity index (χ0n) is 7.50. The van der Waals surface area contributed by atoms with E-state index in [0.717, 1.165) is 25.5 Å². The Morgan fingerprint density at radius 2 is 2.33 bits per heavy atom. The van der Waals surface area contributed by atoms with E-state index in [2.05, 4.69) is 4.74 Å². The predicted octanol–water partition coefficient (Wildman–Crippen LogP) is 1.16. The highest BCUT2D eigenvalue weighted by molar-refractivity contribution is 5.79. The third-order valence-corrected chi connectivity index (χ3v) is 2.76. The smallest absolute Gasteiger partial charge is 0.309 e. The first-order chi connectivity index (χ1) is 5.64. The number of aldehydes is 1. The zero-order valence-corrected chi connectivity index (χ0v) is 7.50. The summed E-state index contributed by atoms with van der Waals surface area (Å²) >= 11 is 0. The molecule has 0 aliphatic heterocycles. The van der Waals surface area contributed by atoms with Crippen LogP contribution >= 0.6 is 0 Å². The van der Waals surface area contributed by atoms with Crippen molar-refractivity contribution in [2.45, 2.75) is 26.2 Å². The van der Waals surface area contributed by atoms with Crippen molar-refractivity contribution in [3.8, 4) is 0 Å². The summed E-state index contributed by atoms with van der Waals surface area (Å²) in [5.74, 6) is -0.470. The average molecular weight is 170 g/mol. The second kappa shape index (κ2) is 3.25. The van der Waals surface area contributed by atoms with E-state index in [1.54, 1.807) is 0 Å². The van der Waals surface area contributed by atoms with E-state index >= 15 is 0 Å². The number of hydrogen-bond donors (Lipinski definition) is 0. The molecule has 0 saturated heterocycles. The summed E-state index contributed by atoms with van der Waals surface area (Å²) in [6, 6.07) is 0. The summed E-state index contributed by atoms with van der Waals surface area (Å²) < 4.78 is 4.63. The van der Waals surface area contributed by atoms with E-state index in [4.69, 9.17) is 0 Å². The normalized spacial score (nSPS) is 34.7. The van der Waals surface area contributed by atoms with Gasteiger partial charge in [0.15, 0.2) is 0 Å². The molecule has 3 heteroatoms. The number of rotatable bonds is 2. The van der Waals surface area contributed by atoms with Crippen molar-refractivity contribution in [1.29, 1.82) is 0 Å². The number of hydrogen-bond acceptors (Lipinski definition) is 3. The van der Waals surface area contributed by atoms with E-state index in [9.17, 15) is 9.59 Å². The molecule has 0 heterocycles. The highest BCUT2D eigenvalue weighted by atomic mass is 16.5. The first-order valence-corrected chi connectivity index (χ1v) is 4.18. The van der Waals surface area contributed by atoms with Crippen molar-refractivity contribution in [3.05, 3.63) is 0 Å². The van der Waals surface area contributed by atoms with Gasteiger partial charge >= 0.3 is 5.97 Å². The Morgan fingerprint density at radius 1 is 1.67 bits per heavy atom. The lowest BCUT2D eigenvalue weighted by Crippen LogP contribution is -2.30. The van der Waals surface area contributed by atoms with Crippen molar-refractivity contribution in [2.24, 2.45) is 11.3 Å². The van der Waals surface area contributed by atoms with Gasteiger partial charge in [-0.2, -0.15) is 0 Å². The SMILES string of the molecule is COC(=O)C1CCCC1(C)C=O. The van der Waals surface area contributed by atoms with E-state index < -0.39 is 5.41 Å². The van der Waals surface area contributed by atoms with Gasteiger partial charge in [0.05, 0.1) is 13.0 Å². The minimum Gasteiger partial charge on any atom is -0.469 e. The van der Waals surface area contributed by atoms with E-state index in [1.165, 1.54) is 7.11 Å². The van der Waals surface area contributed by atoms with Crippen LogP contribution in [0.5, 0.6) is 0 Å². The molecule has 2 atom stereocenters. The summed E-state index contributed by atoms with van der Waals surface area (Å²) in [5, 5.41) is 0. The average Bonchev–Trinajstić information content (AvgIpc) is 2.47. The predicted molar refractivity (Wildman–Crippen MR) is 43.5 cm³/mol. The first kappa shape index (κ1) is 9.23. The van der Waals surface area contributed by atoms with Gasteiger partial charge in [-0.1, -0.05) is 13.3 Å². The number of ether oxygens (including phenoxy) is 1. The lowest BCUT2D eigenvalue weighted by Gasteiger charge is -2.22. The van der Waals surface area contributed by atoms with Crippen LogP contribution in [0, 0.1) is 11.3 Å². The van der Waals surface area contributed by atoms with Crippen LogP contribution in [0.4, 0.5) is 0 Å². The Hall–Kier alpha value is -0.860. The molecule has 1 aliphatic carbocycles. The molecular formula is C9H14O3. The highest BCUT2D eigenvalue weighted by Crippen LogP contribution is 2.41. The summed E-state index contributed by atoms with van der Waals surface area (Å²) in [6.07, 6.45) is 3.41. The van der Waals surface area contributed by atoms with Gasteiger partial charge in [0.1, 0.15) is 6.29 Å². The number of methoxy groups -OCH3 is 1. The van der Waals surface area contributed by atoms with Gasteiger partial charge in [0.2, 0.25) is 0 Å².